The van der Waals surface area contributed by atoms with E-state index in [1.807, 2.05) is 30.3 Å². The minimum Gasteiger partial charge on any atom is -0.347 e. The van der Waals surface area contributed by atoms with Crippen LogP contribution < -0.4 is 16.3 Å². The standard InChI is InChI=1S/C12H15N5O2/c1-13-10(8-5-3-2-4-6-8)11(18)14-7-9-15-12(19)17-16-9/h2-6,10,13H,7H2,1H3,(H,14,18)(H2,15,16,17,19)/t10-/m0/s1. The predicted octanol–water partition coefficient (Wildman–Crippen LogP) is -0.325. The summed E-state index contributed by atoms with van der Waals surface area (Å²) in [4.78, 5) is 25.4. The summed E-state index contributed by atoms with van der Waals surface area (Å²) in [5.41, 5.74) is 0.482. The number of aromatic amines is 2. The maximum absolute atomic E-state index is 12.1. The molecule has 0 aliphatic carbocycles. The Balaban J connectivity index is 2.00. The van der Waals surface area contributed by atoms with E-state index >= 15 is 0 Å². The van der Waals surface area contributed by atoms with Gasteiger partial charge in [0.05, 0.1) is 6.54 Å². The molecule has 0 radical (unpaired) electrons. The summed E-state index contributed by atoms with van der Waals surface area (Å²) in [5.74, 6) is 0.207. The summed E-state index contributed by atoms with van der Waals surface area (Å²) in [6, 6.07) is 8.94. The van der Waals surface area contributed by atoms with Crippen molar-refractivity contribution in [1.29, 1.82) is 0 Å². The number of nitrogens with zero attached hydrogens (tertiary/aromatic N) is 1. The quantitative estimate of drug-likeness (QED) is 0.592. The Morgan fingerprint density at radius 3 is 2.68 bits per heavy atom. The molecule has 0 aliphatic rings. The lowest BCUT2D eigenvalue weighted by molar-refractivity contribution is -0.123. The summed E-state index contributed by atoms with van der Waals surface area (Å²) in [7, 11) is 1.72. The van der Waals surface area contributed by atoms with Gasteiger partial charge < -0.3 is 10.6 Å². The summed E-state index contributed by atoms with van der Waals surface area (Å²) < 4.78 is 0. The van der Waals surface area contributed by atoms with Gasteiger partial charge in [-0.2, -0.15) is 5.10 Å². The number of carbonyl (C=O) groups excluding carboxylic acids is 1. The van der Waals surface area contributed by atoms with Crippen molar-refractivity contribution in [2.45, 2.75) is 12.6 Å². The van der Waals surface area contributed by atoms with Gasteiger partial charge in [-0.3, -0.25) is 9.78 Å². The number of rotatable bonds is 5. The molecule has 1 amide bonds. The predicted molar refractivity (Wildman–Crippen MR) is 69.3 cm³/mol. The highest BCUT2D eigenvalue weighted by Crippen LogP contribution is 2.11. The minimum absolute atomic E-state index is 0.169. The van der Waals surface area contributed by atoms with Gasteiger partial charge in [0.1, 0.15) is 11.9 Å². The van der Waals surface area contributed by atoms with Gasteiger partial charge in [-0.15, -0.1) is 0 Å². The molecule has 0 aliphatic heterocycles. The monoisotopic (exact) mass is 261 g/mol. The third-order valence-corrected chi connectivity index (χ3v) is 2.66. The fourth-order valence-corrected chi connectivity index (χ4v) is 1.76. The van der Waals surface area contributed by atoms with Crippen molar-refractivity contribution in [2.75, 3.05) is 7.05 Å². The second-order valence-electron chi connectivity index (χ2n) is 3.97. The van der Waals surface area contributed by atoms with Crippen molar-refractivity contribution >= 4 is 5.91 Å². The summed E-state index contributed by atoms with van der Waals surface area (Å²) in [6.07, 6.45) is 0. The molecule has 0 saturated carbocycles. The molecular formula is C12H15N5O2. The molecule has 1 heterocycles. The molecule has 0 unspecified atom stereocenters. The van der Waals surface area contributed by atoms with Gasteiger partial charge in [-0.1, -0.05) is 30.3 Å². The van der Waals surface area contributed by atoms with Crippen LogP contribution in [0.1, 0.15) is 17.4 Å². The van der Waals surface area contributed by atoms with E-state index in [1.54, 1.807) is 7.05 Å². The van der Waals surface area contributed by atoms with Crippen LogP contribution in [0.2, 0.25) is 0 Å². The number of hydrogen-bond acceptors (Lipinski definition) is 4. The van der Waals surface area contributed by atoms with Gasteiger partial charge in [-0.25, -0.2) is 9.89 Å². The SMILES string of the molecule is CN[C@H](C(=O)NCc1n[nH]c(=O)[nH]1)c1ccccc1. The number of H-pyrrole nitrogens is 2. The van der Waals surface area contributed by atoms with E-state index in [0.29, 0.717) is 5.82 Å². The van der Waals surface area contributed by atoms with E-state index in [2.05, 4.69) is 25.8 Å². The Hall–Kier alpha value is -2.41. The second-order valence-corrected chi connectivity index (χ2v) is 3.97. The number of nitrogens with one attached hydrogen (secondary N) is 4. The van der Waals surface area contributed by atoms with Crippen LogP contribution in [0, 0.1) is 0 Å². The number of benzene rings is 1. The average Bonchev–Trinajstić information content (AvgIpc) is 2.84. The molecule has 0 saturated heterocycles. The molecule has 4 N–H and O–H groups in total. The van der Waals surface area contributed by atoms with Gasteiger partial charge in [0.2, 0.25) is 5.91 Å². The molecule has 0 spiro atoms. The zero-order valence-electron chi connectivity index (χ0n) is 10.4. The molecule has 1 atom stereocenters. The third kappa shape index (κ3) is 3.29. The Labute approximate surface area is 109 Å². The normalized spacial score (nSPS) is 12.1. The first-order valence-electron chi connectivity index (χ1n) is 5.84. The van der Waals surface area contributed by atoms with Crippen molar-refractivity contribution in [2.24, 2.45) is 0 Å². The van der Waals surface area contributed by atoms with E-state index in [4.69, 9.17) is 0 Å². The van der Waals surface area contributed by atoms with E-state index in [9.17, 15) is 9.59 Å². The second kappa shape index (κ2) is 5.96. The largest absolute Gasteiger partial charge is 0.347 e. The topological polar surface area (TPSA) is 103 Å². The lowest BCUT2D eigenvalue weighted by Crippen LogP contribution is -2.35. The minimum atomic E-state index is -0.438. The van der Waals surface area contributed by atoms with E-state index in [-0.39, 0.29) is 12.5 Å². The lowest BCUT2D eigenvalue weighted by Gasteiger charge is -2.15. The molecule has 7 heteroatoms. The van der Waals surface area contributed by atoms with Crippen molar-refractivity contribution in [1.82, 2.24) is 25.8 Å². The Morgan fingerprint density at radius 1 is 1.37 bits per heavy atom. The van der Waals surface area contributed by atoms with Gasteiger partial charge >= 0.3 is 5.69 Å². The van der Waals surface area contributed by atoms with Crippen LogP contribution in [-0.4, -0.2) is 28.1 Å². The summed E-state index contributed by atoms with van der Waals surface area (Å²) in [6.45, 7) is 0.169. The fraction of sp³-hybridized carbons (Fsp3) is 0.250. The van der Waals surface area contributed by atoms with Crippen molar-refractivity contribution in [3.8, 4) is 0 Å². The molecule has 1 aromatic heterocycles. The maximum Gasteiger partial charge on any atom is 0.340 e. The van der Waals surface area contributed by atoms with Crippen molar-refractivity contribution in [3.05, 3.63) is 52.2 Å². The van der Waals surface area contributed by atoms with Crippen LogP contribution in [0.5, 0.6) is 0 Å². The molecule has 0 bridgehead atoms. The molecule has 1 aromatic carbocycles. The Bertz CT molecular complexity index is 589. The number of amides is 1. The molecular weight excluding hydrogens is 246 g/mol. The first-order chi connectivity index (χ1) is 9.20. The molecule has 7 nitrogen and oxygen atoms in total. The fourth-order valence-electron chi connectivity index (χ4n) is 1.76. The highest BCUT2D eigenvalue weighted by atomic mass is 16.2. The summed E-state index contributed by atoms with van der Waals surface area (Å²) >= 11 is 0. The molecule has 0 fully saturated rings. The third-order valence-electron chi connectivity index (χ3n) is 2.66. The van der Waals surface area contributed by atoms with Crippen LogP contribution >= 0.6 is 0 Å². The van der Waals surface area contributed by atoms with E-state index in [1.165, 1.54) is 0 Å². The summed E-state index contributed by atoms with van der Waals surface area (Å²) in [5, 5.41) is 11.6. The van der Waals surface area contributed by atoms with Gasteiger partial charge in [0, 0.05) is 0 Å². The van der Waals surface area contributed by atoms with Crippen molar-refractivity contribution in [3.63, 3.8) is 0 Å². The highest BCUT2D eigenvalue weighted by molar-refractivity contribution is 5.83. The molecule has 2 rings (SSSR count). The molecule has 100 valence electrons. The first kappa shape index (κ1) is 13.0. The highest BCUT2D eigenvalue weighted by Gasteiger charge is 2.18. The zero-order valence-corrected chi connectivity index (χ0v) is 10.4. The lowest BCUT2D eigenvalue weighted by atomic mass is 10.1. The van der Waals surface area contributed by atoms with Gasteiger partial charge in [-0.05, 0) is 12.6 Å². The van der Waals surface area contributed by atoms with Crippen LogP contribution in [0.4, 0.5) is 0 Å². The smallest absolute Gasteiger partial charge is 0.340 e. The van der Waals surface area contributed by atoms with Gasteiger partial charge in [0.25, 0.3) is 0 Å². The zero-order chi connectivity index (χ0) is 13.7. The Kier molecular flexibility index (Phi) is 4.09. The number of aromatic nitrogens is 3. The Morgan fingerprint density at radius 2 is 2.11 bits per heavy atom. The average molecular weight is 261 g/mol. The molecule has 19 heavy (non-hydrogen) atoms. The van der Waals surface area contributed by atoms with Gasteiger partial charge in [0.15, 0.2) is 0 Å². The van der Waals surface area contributed by atoms with Crippen LogP contribution in [0.15, 0.2) is 35.1 Å². The van der Waals surface area contributed by atoms with Crippen LogP contribution in [0.3, 0.4) is 0 Å². The number of hydrogen-bond donors (Lipinski definition) is 4. The van der Waals surface area contributed by atoms with E-state index < -0.39 is 11.7 Å². The maximum atomic E-state index is 12.1. The van der Waals surface area contributed by atoms with Crippen molar-refractivity contribution < 1.29 is 4.79 Å². The first-order valence-corrected chi connectivity index (χ1v) is 5.84. The molecule has 2 aromatic rings. The van der Waals surface area contributed by atoms with Crippen LogP contribution in [0.25, 0.3) is 0 Å². The van der Waals surface area contributed by atoms with Crippen LogP contribution in [-0.2, 0) is 11.3 Å². The number of carbonyl (C=O) groups is 1. The van der Waals surface area contributed by atoms with E-state index in [0.717, 1.165) is 5.56 Å². The number of likely N-dealkylation sites (N-methyl/N-ethyl adjacent to an activating group) is 1.